The molecule has 0 aliphatic heterocycles. The Hall–Kier alpha value is -1.13. The first-order valence-electron chi connectivity index (χ1n) is 5.44. The number of hydrogen-bond donors (Lipinski definition) is 1. The number of nitrogens with one attached hydrogen (secondary N) is 1. The van der Waals surface area contributed by atoms with Gasteiger partial charge in [0.25, 0.3) is 0 Å². The molecule has 0 spiro atoms. The Labute approximate surface area is 108 Å². The highest BCUT2D eigenvalue weighted by atomic mass is 79.9. The van der Waals surface area contributed by atoms with Gasteiger partial charge in [-0.3, -0.25) is 0 Å². The van der Waals surface area contributed by atoms with Crippen LogP contribution in [-0.4, -0.2) is 6.54 Å². The van der Waals surface area contributed by atoms with Gasteiger partial charge in [0.1, 0.15) is 11.6 Å². The molecular weight excluding hydrogens is 285 g/mol. The minimum absolute atomic E-state index is 0.247. The predicted molar refractivity (Wildman–Crippen MR) is 68.3 cm³/mol. The molecule has 4 heteroatoms. The van der Waals surface area contributed by atoms with Crippen molar-refractivity contribution in [2.24, 2.45) is 0 Å². The van der Waals surface area contributed by atoms with E-state index >= 15 is 0 Å². The van der Waals surface area contributed by atoms with Crippen LogP contribution in [0, 0.1) is 5.82 Å². The summed E-state index contributed by atoms with van der Waals surface area (Å²) in [5, 5.41) is 3.21. The summed E-state index contributed by atoms with van der Waals surface area (Å²) in [4.78, 5) is 0. The highest BCUT2D eigenvalue weighted by Gasteiger charge is 2.19. The summed E-state index contributed by atoms with van der Waals surface area (Å²) >= 11 is 3.25. The number of halogens is 2. The SMILES string of the molecule is CCNC(c1ccco1)c1ccc(Br)cc1F. The topological polar surface area (TPSA) is 25.2 Å². The average molecular weight is 298 g/mol. The summed E-state index contributed by atoms with van der Waals surface area (Å²) in [7, 11) is 0. The Kier molecular flexibility index (Phi) is 3.97. The summed E-state index contributed by atoms with van der Waals surface area (Å²) < 4.78 is 20.0. The van der Waals surface area contributed by atoms with Crippen LogP contribution in [0.3, 0.4) is 0 Å². The van der Waals surface area contributed by atoms with Crippen molar-refractivity contribution in [2.45, 2.75) is 13.0 Å². The van der Waals surface area contributed by atoms with Crippen LogP contribution >= 0.6 is 15.9 Å². The number of furan rings is 1. The molecule has 0 bridgehead atoms. The van der Waals surface area contributed by atoms with Crippen LogP contribution in [0.25, 0.3) is 0 Å². The molecule has 2 aromatic rings. The van der Waals surface area contributed by atoms with Gasteiger partial charge in [0.15, 0.2) is 0 Å². The van der Waals surface area contributed by atoms with Crippen molar-refractivity contribution < 1.29 is 8.81 Å². The molecule has 17 heavy (non-hydrogen) atoms. The standard InChI is InChI=1S/C13H13BrFNO/c1-2-16-13(12-4-3-7-17-12)10-6-5-9(14)8-11(10)15/h3-8,13,16H,2H2,1H3. The molecular formula is C13H13BrFNO. The highest BCUT2D eigenvalue weighted by molar-refractivity contribution is 9.10. The van der Waals surface area contributed by atoms with Gasteiger partial charge in [-0.2, -0.15) is 0 Å². The Morgan fingerprint density at radius 2 is 2.24 bits per heavy atom. The van der Waals surface area contributed by atoms with Gasteiger partial charge in [-0.25, -0.2) is 4.39 Å². The van der Waals surface area contributed by atoms with Gasteiger partial charge < -0.3 is 9.73 Å². The summed E-state index contributed by atoms with van der Waals surface area (Å²) in [6.07, 6.45) is 1.59. The first kappa shape index (κ1) is 12.3. The first-order valence-corrected chi connectivity index (χ1v) is 6.23. The van der Waals surface area contributed by atoms with Gasteiger partial charge in [0, 0.05) is 10.0 Å². The fraction of sp³-hybridized carbons (Fsp3) is 0.231. The second-order valence-corrected chi connectivity index (χ2v) is 4.59. The fourth-order valence-corrected chi connectivity index (χ4v) is 2.09. The van der Waals surface area contributed by atoms with E-state index in [9.17, 15) is 4.39 Å². The molecule has 0 saturated carbocycles. The lowest BCUT2D eigenvalue weighted by Crippen LogP contribution is -2.22. The summed E-state index contributed by atoms with van der Waals surface area (Å²) in [5.74, 6) is 0.467. The largest absolute Gasteiger partial charge is 0.467 e. The molecule has 1 atom stereocenters. The molecule has 1 unspecified atom stereocenters. The van der Waals surface area contributed by atoms with Crippen LogP contribution in [0.1, 0.15) is 24.3 Å². The maximum atomic E-state index is 13.9. The molecule has 0 aliphatic carbocycles. The van der Waals surface area contributed by atoms with Gasteiger partial charge >= 0.3 is 0 Å². The van der Waals surface area contributed by atoms with E-state index in [1.807, 2.05) is 19.1 Å². The van der Waals surface area contributed by atoms with Gasteiger partial charge in [-0.15, -0.1) is 0 Å². The Balaban J connectivity index is 2.39. The third-order valence-electron chi connectivity index (χ3n) is 2.51. The van der Waals surface area contributed by atoms with Gasteiger partial charge in [0.05, 0.1) is 12.3 Å². The van der Waals surface area contributed by atoms with Crippen molar-refractivity contribution in [3.05, 3.63) is 58.2 Å². The molecule has 0 amide bonds. The monoisotopic (exact) mass is 297 g/mol. The van der Waals surface area contributed by atoms with Crippen LogP contribution in [0.15, 0.2) is 45.5 Å². The van der Waals surface area contributed by atoms with Crippen molar-refractivity contribution in [1.29, 1.82) is 0 Å². The molecule has 0 aliphatic rings. The molecule has 0 fully saturated rings. The Morgan fingerprint density at radius 1 is 1.41 bits per heavy atom. The molecule has 1 aromatic heterocycles. The smallest absolute Gasteiger partial charge is 0.129 e. The van der Waals surface area contributed by atoms with Crippen LogP contribution in [0.2, 0.25) is 0 Å². The van der Waals surface area contributed by atoms with Gasteiger partial charge in [0.2, 0.25) is 0 Å². The molecule has 2 nitrogen and oxygen atoms in total. The van der Waals surface area contributed by atoms with Gasteiger partial charge in [-0.05, 0) is 30.8 Å². The van der Waals surface area contributed by atoms with Crippen molar-refractivity contribution >= 4 is 15.9 Å². The van der Waals surface area contributed by atoms with Crippen molar-refractivity contribution in [1.82, 2.24) is 5.32 Å². The van der Waals surface area contributed by atoms with Crippen LogP contribution in [-0.2, 0) is 0 Å². The van der Waals surface area contributed by atoms with Crippen LogP contribution < -0.4 is 5.32 Å². The van der Waals surface area contributed by atoms with Crippen molar-refractivity contribution in [3.63, 3.8) is 0 Å². The van der Waals surface area contributed by atoms with E-state index in [2.05, 4.69) is 21.2 Å². The number of benzene rings is 1. The second kappa shape index (κ2) is 5.47. The molecule has 90 valence electrons. The molecule has 0 radical (unpaired) electrons. The van der Waals surface area contributed by atoms with E-state index in [0.29, 0.717) is 11.3 Å². The number of hydrogen-bond acceptors (Lipinski definition) is 2. The first-order chi connectivity index (χ1) is 8.22. The minimum atomic E-state index is -0.248. The maximum Gasteiger partial charge on any atom is 0.129 e. The summed E-state index contributed by atoms with van der Waals surface area (Å²) in [6, 6.07) is 8.44. The van der Waals surface area contributed by atoms with Crippen LogP contribution in [0.5, 0.6) is 0 Å². The summed E-state index contributed by atoms with van der Waals surface area (Å²) in [6.45, 7) is 2.72. The van der Waals surface area contributed by atoms with Crippen molar-refractivity contribution in [3.8, 4) is 0 Å². The molecule has 1 aromatic carbocycles. The zero-order valence-corrected chi connectivity index (χ0v) is 11.0. The van der Waals surface area contributed by atoms with Gasteiger partial charge in [-0.1, -0.05) is 28.9 Å². The second-order valence-electron chi connectivity index (χ2n) is 3.67. The lowest BCUT2D eigenvalue weighted by atomic mass is 10.0. The zero-order chi connectivity index (χ0) is 12.3. The quantitative estimate of drug-likeness (QED) is 0.926. The highest BCUT2D eigenvalue weighted by Crippen LogP contribution is 2.26. The minimum Gasteiger partial charge on any atom is -0.467 e. The molecule has 1 N–H and O–H groups in total. The predicted octanol–water partition coefficient (Wildman–Crippen LogP) is 3.88. The molecule has 2 rings (SSSR count). The van der Waals surface area contributed by atoms with Crippen LogP contribution in [0.4, 0.5) is 4.39 Å². The average Bonchev–Trinajstić information content (AvgIpc) is 2.80. The van der Waals surface area contributed by atoms with E-state index in [0.717, 1.165) is 11.0 Å². The zero-order valence-electron chi connectivity index (χ0n) is 9.41. The fourth-order valence-electron chi connectivity index (χ4n) is 1.76. The normalized spacial score (nSPS) is 12.6. The maximum absolute atomic E-state index is 13.9. The number of rotatable bonds is 4. The lowest BCUT2D eigenvalue weighted by molar-refractivity contribution is 0.441. The Morgan fingerprint density at radius 3 is 2.82 bits per heavy atom. The van der Waals surface area contributed by atoms with E-state index < -0.39 is 0 Å². The summed E-state index contributed by atoms with van der Waals surface area (Å²) in [5.41, 5.74) is 0.588. The molecule has 1 heterocycles. The van der Waals surface area contributed by atoms with E-state index in [1.54, 1.807) is 18.4 Å². The van der Waals surface area contributed by atoms with E-state index in [1.165, 1.54) is 6.07 Å². The third kappa shape index (κ3) is 2.76. The van der Waals surface area contributed by atoms with Crippen molar-refractivity contribution in [2.75, 3.05) is 6.54 Å². The molecule has 0 saturated heterocycles. The lowest BCUT2D eigenvalue weighted by Gasteiger charge is -2.16. The third-order valence-corrected chi connectivity index (χ3v) is 3.00. The Bertz CT molecular complexity index is 484. The van der Waals surface area contributed by atoms with E-state index in [-0.39, 0.29) is 11.9 Å². The van der Waals surface area contributed by atoms with E-state index in [4.69, 9.17) is 4.42 Å².